The molecular formula is C28H22ClIN2O7S. The lowest BCUT2D eigenvalue weighted by atomic mass is 10.1. The van der Waals surface area contributed by atoms with Gasteiger partial charge >= 0.3 is 0 Å². The summed E-state index contributed by atoms with van der Waals surface area (Å²) in [7, 11) is 0. The van der Waals surface area contributed by atoms with Crippen LogP contribution in [0.3, 0.4) is 0 Å². The van der Waals surface area contributed by atoms with Gasteiger partial charge in [0, 0.05) is 22.3 Å². The molecule has 5 rings (SSSR count). The van der Waals surface area contributed by atoms with Gasteiger partial charge in [-0.05, 0) is 83.2 Å². The zero-order valence-corrected chi connectivity index (χ0v) is 24.8. The Labute approximate surface area is 252 Å². The first-order valence-corrected chi connectivity index (χ1v) is 14.4. The summed E-state index contributed by atoms with van der Waals surface area (Å²) in [5.41, 5.74) is 1.95. The van der Waals surface area contributed by atoms with E-state index in [1.165, 1.54) is 0 Å². The molecule has 0 radical (unpaired) electrons. The summed E-state index contributed by atoms with van der Waals surface area (Å²) in [5.74, 6) is 1.06. The Bertz CT molecular complexity index is 1530. The van der Waals surface area contributed by atoms with Gasteiger partial charge in [-0.1, -0.05) is 29.8 Å². The lowest BCUT2D eigenvalue weighted by molar-refractivity contribution is -0.127. The van der Waals surface area contributed by atoms with Gasteiger partial charge in [0.25, 0.3) is 11.1 Å². The molecule has 0 aromatic heterocycles. The average Bonchev–Trinajstić information content (AvgIpc) is 3.49. The zero-order chi connectivity index (χ0) is 28.2. The number of ether oxygens (including phenoxy) is 4. The third kappa shape index (κ3) is 6.31. The molecule has 3 aromatic rings. The molecule has 0 atom stereocenters. The highest BCUT2D eigenvalue weighted by atomic mass is 127. The number of benzene rings is 3. The fourth-order valence-corrected chi connectivity index (χ4v) is 5.76. The van der Waals surface area contributed by atoms with Crippen molar-refractivity contribution in [3.63, 3.8) is 0 Å². The maximum atomic E-state index is 13.0. The van der Waals surface area contributed by atoms with Crippen LogP contribution in [0, 0.1) is 3.57 Å². The number of halogens is 2. The number of amides is 3. The number of carbonyl (C=O) groups is 3. The van der Waals surface area contributed by atoms with Crippen molar-refractivity contribution in [1.82, 2.24) is 4.90 Å². The van der Waals surface area contributed by atoms with Crippen molar-refractivity contribution >= 4 is 74.8 Å². The van der Waals surface area contributed by atoms with Crippen molar-refractivity contribution in [2.24, 2.45) is 0 Å². The number of fused-ring (bicyclic) bond motifs is 1. The molecule has 12 heteroatoms. The molecule has 1 saturated heterocycles. The van der Waals surface area contributed by atoms with Gasteiger partial charge in [-0.3, -0.25) is 19.3 Å². The summed E-state index contributed by atoms with van der Waals surface area (Å²) in [5, 5.41) is 2.75. The van der Waals surface area contributed by atoms with E-state index in [9.17, 15) is 14.4 Å². The first-order chi connectivity index (χ1) is 19.3. The number of anilines is 1. The van der Waals surface area contributed by atoms with Crippen LogP contribution in [0.2, 0.25) is 5.02 Å². The quantitative estimate of drug-likeness (QED) is 0.205. The van der Waals surface area contributed by atoms with E-state index >= 15 is 0 Å². The van der Waals surface area contributed by atoms with Crippen molar-refractivity contribution in [3.05, 3.63) is 79.2 Å². The van der Waals surface area contributed by atoms with Gasteiger partial charge in [0.2, 0.25) is 12.7 Å². The minimum absolute atomic E-state index is 0.110. The molecule has 2 aliphatic heterocycles. The Balaban J connectivity index is 1.29. The van der Waals surface area contributed by atoms with E-state index in [2.05, 4.69) is 27.9 Å². The lowest BCUT2D eigenvalue weighted by Crippen LogP contribution is -2.36. The van der Waals surface area contributed by atoms with E-state index in [-0.39, 0.29) is 18.3 Å². The van der Waals surface area contributed by atoms with E-state index in [0.29, 0.717) is 45.9 Å². The van der Waals surface area contributed by atoms with Crippen LogP contribution in [-0.2, 0) is 16.2 Å². The Morgan fingerprint density at radius 2 is 1.93 bits per heavy atom. The molecule has 2 heterocycles. The predicted molar refractivity (Wildman–Crippen MR) is 160 cm³/mol. The van der Waals surface area contributed by atoms with E-state index in [4.69, 9.17) is 30.5 Å². The summed E-state index contributed by atoms with van der Waals surface area (Å²) in [6.45, 7) is 2.20. The second-order valence-corrected chi connectivity index (χ2v) is 11.1. The van der Waals surface area contributed by atoms with Gasteiger partial charge in [0.05, 0.1) is 15.1 Å². The maximum Gasteiger partial charge on any atom is 0.294 e. The molecule has 0 spiro atoms. The van der Waals surface area contributed by atoms with Gasteiger partial charge in [0.15, 0.2) is 23.0 Å². The number of carbonyl (C=O) groups excluding carboxylic acids is 3. The molecule has 206 valence electrons. The van der Waals surface area contributed by atoms with Gasteiger partial charge in [-0.25, -0.2) is 0 Å². The monoisotopic (exact) mass is 692 g/mol. The van der Waals surface area contributed by atoms with E-state index in [1.807, 2.05) is 31.2 Å². The first-order valence-electron chi connectivity index (χ1n) is 12.1. The SMILES string of the molecule is CCOc1cc(/C=C2/SC(=O)N(CC(=O)Nc3ccc4c(c3)OCO4)C2=O)cc(I)c1OCc1ccccc1Cl. The third-order valence-corrected chi connectivity index (χ3v) is 7.87. The van der Waals surface area contributed by atoms with Crippen LogP contribution < -0.4 is 24.3 Å². The minimum Gasteiger partial charge on any atom is -0.490 e. The second-order valence-electron chi connectivity index (χ2n) is 8.53. The van der Waals surface area contributed by atoms with Crippen LogP contribution in [0.5, 0.6) is 23.0 Å². The Morgan fingerprint density at radius 1 is 1.12 bits per heavy atom. The summed E-state index contributed by atoms with van der Waals surface area (Å²) in [4.78, 5) is 39.4. The number of nitrogens with one attached hydrogen (secondary N) is 1. The molecule has 0 bridgehead atoms. The molecule has 2 aliphatic rings. The fourth-order valence-electron chi connectivity index (χ4n) is 3.95. The Kier molecular flexibility index (Phi) is 8.72. The van der Waals surface area contributed by atoms with Crippen LogP contribution in [0.4, 0.5) is 10.5 Å². The summed E-state index contributed by atoms with van der Waals surface area (Å²) in [6.07, 6.45) is 1.60. The topological polar surface area (TPSA) is 103 Å². The Hall–Kier alpha value is -3.42. The summed E-state index contributed by atoms with van der Waals surface area (Å²) < 4.78 is 23.2. The van der Waals surface area contributed by atoms with Crippen LogP contribution in [-0.4, -0.2) is 41.9 Å². The molecule has 0 saturated carbocycles. The molecule has 40 heavy (non-hydrogen) atoms. The molecule has 0 aliphatic carbocycles. The molecule has 1 fully saturated rings. The van der Waals surface area contributed by atoms with Crippen LogP contribution in [0.25, 0.3) is 6.08 Å². The number of imide groups is 1. The normalized spacial score (nSPS) is 15.1. The molecule has 9 nitrogen and oxygen atoms in total. The summed E-state index contributed by atoms with van der Waals surface area (Å²) in [6, 6.07) is 15.9. The van der Waals surface area contributed by atoms with Gasteiger partial charge in [-0.15, -0.1) is 0 Å². The molecule has 0 unspecified atom stereocenters. The largest absolute Gasteiger partial charge is 0.490 e. The smallest absolute Gasteiger partial charge is 0.294 e. The standard InChI is InChI=1S/C28H22ClIN2O7S/c1-2-36-23-10-16(9-20(30)26(23)37-14-17-5-3-4-6-19(17)29)11-24-27(34)32(28(35)40-24)13-25(33)31-18-7-8-21-22(12-18)39-15-38-21/h3-12H,2,13-15H2,1H3,(H,31,33)/b24-11+. The molecule has 3 aromatic carbocycles. The van der Waals surface area contributed by atoms with E-state index in [1.54, 1.807) is 36.4 Å². The van der Waals surface area contributed by atoms with Crippen LogP contribution in [0.1, 0.15) is 18.1 Å². The van der Waals surface area contributed by atoms with Gasteiger partial charge in [-0.2, -0.15) is 0 Å². The van der Waals surface area contributed by atoms with Crippen LogP contribution >= 0.6 is 46.0 Å². The van der Waals surface area contributed by atoms with Crippen molar-refractivity contribution < 1.29 is 33.3 Å². The highest BCUT2D eigenvalue weighted by Crippen LogP contribution is 2.38. The lowest BCUT2D eigenvalue weighted by Gasteiger charge is -2.15. The van der Waals surface area contributed by atoms with E-state index < -0.39 is 23.6 Å². The van der Waals surface area contributed by atoms with E-state index in [0.717, 1.165) is 25.8 Å². The molecule has 3 amide bonds. The zero-order valence-electron chi connectivity index (χ0n) is 21.1. The summed E-state index contributed by atoms with van der Waals surface area (Å²) >= 11 is 9.17. The first kappa shape index (κ1) is 28.1. The van der Waals surface area contributed by atoms with Crippen molar-refractivity contribution in [2.75, 3.05) is 25.3 Å². The minimum atomic E-state index is -0.553. The molecule has 1 N–H and O–H groups in total. The number of thioether (sulfide) groups is 1. The fraction of sp³-hybridized carbons (Fsp3) is 0.179. The van der Waals surface area contributed by atoms with Crippen molar-refractivity contribution in [3.8, 4) is 23.0 Å². The van der Waals surface area contributed by atoms with Gasteiger partial charge in [0.1, 0.15) is 13.2 Å². The van der Waals surface area contributed by atoms with Crippen LogP contribution in [0.15, 0.2) is 59.5 Å². The molecular weight excluding hydrogens is 671 g/mol. The number of nitrogens with zero attached hydrogens (tertiary/aromatic N) is 1. The second kappa shape index (κ2) is 12.4. The van der Waals surface area contributed by atoms with Crippen molar-refractivity contribution in [2.45, 2.75) is 13.5 Å². The predicted octanol–water partition coefficient (Wildman–Crippen LogP) is 6.33. The maximum absolute atomic E-state index is 13.0. The highest BCUT2D eigenvalue weighted by Gasteiger charge is 2.36. The number of hydrogen-bond acceptors (Lipinski definition) is 8. The number of rotatable bonds is 9. The highest BCUT2D eigenvalue weighted by molar-refractivity contribution is 14.1. The number of hydrogen-bond donors (Lipinski definition) is 1. The Morgan fingerprint density at radius 3 is 2.73 bits per heavy atom. The average molecular weight is 693 g/mol. The van der Waals surface area contributed by atoms with Gasteiger partial charge < -0.3 is 24.3 Å². The third-order valence-electron chi connectivity index (χ3n) is 5.79. The van der Waals surface area contributed by atoms with Crippen molar-refractivity contribution in [1.29, 1.82) is 0 Å².